The van der Waals surface area contributed by atoms with Crippen LogP contribution in [0.5, 0.6) is 0 Å². The summed E-state index contributed by atoms with van der Waals surface area (Å²) >= 11 is 1.69. The average molecular weight is 266 g/mol. The molecule has 1 fully saturated rings. The van der Waals surface area contributed by atoms with Gasteiger partial charge in [0.1, 0.15) is 10.0 Å². The molecule has 1 aromatic heterocycles. The smallest absolute Gasteiger partial charge is 0.110 e. The van der Waals surface area contributed by atoms with E-state index in [2.05, 4.69) is 20.8 Å². The zero-order chi connectivity index (χ0) is 13.2. The van der Waals surface area contributed by atoms with Gasteiger partial charge < -0.3 is 5.73 Å². The third-order valence-corrected chi connectivity index (χ3v) is 5.14. The summed E-state index contributed by atoms with van der Waals surface area (Å²) < 4.78 is 0. The molecule has 1 aliphatic rings. The van der Waals surface area contributed by atoms with Crippen LogP contribution in [0, 0.1) is 0 Å². The van der Waals surface area contributed by atoms with Crippen LogP contribution < -0.4 is 5.73 Å². The molecule has 0 radical (unpaired) electrons. The summed E-state index contributed by atoms with van der Waals surface area (Å²) in [6, 6.07) is 0. The van der Waals surface area contributed by atoms with Crippen molar-refractivity contribution in [3.63, 3.8) is 0 Å². The number of nitrogens with two attached hydrogens (primary N) is 1. The first kappa shape index (κ1) is 13.9. The molecule has 3 heteroatoms. The molecule has 102 valence electrons. The second kappa shape index (κ2) is 5.60. The quantitative estimate of drug-likeness (QED) is 0.789. The van der Waals surface area contributed by atoms with Crippen LogP contribution in [-0.4, -0.2) is 4.98 Å². The van der Waals surface area contributed by atoms with Crippen molar-refractivity contribution >= 4 is 16.3 Å². The van der Waals surface area contributed by atoms with Gasteiger partial charge in [0, 0.05) is 11.3 Å². The molecular weight excluding hydrogens is 240 g/mol. The zero-order valence-electron chi connectivity index (χ0n) is 12.0. The first-order valence-electron chi connectivity index (χ1n) is 7.25. The molecule has 18 heavy (non-hydrogen) atoms. The van der Waals surface area contributed by atoms with E-state index >= 15 is 0 Å². The van der Waals surface area contributed by atoms with Gasteiger partial charge in [0.2, 0.25) is 0 Å². The molecular formula is C15H26N2S. The fraction of sp³-hybridized carbons (Fsp3) is 0.800. The molecule has 1 aromatic rings. The molecule has 2 nitrogen and oxygen atoms in total. The summed E-state index contributed by atoms with van der Waals surface area (Å²) in [4.78, 5) is 4.87. The summed E-state index contributed by atoms with van der Waals surface area (Å²) in [5, 5.41) is 2.16. The lowest BCUT2D eigenvalue weighted by Gasteiger charge is -2.19. The second-order valence-electron chi connectivity index (χ2n) is 6.56. The number of anilines is 1. The van der Waals surface area contributed by atoms with E-state index in [4.69, 9.17) is 10.7 Å². The van der Waals surface area contributed by atoms with E-state index in [0.717, 1.165) is 5.00 Å². The first-order chi connectivity index (χ1) is 8.48. The third-order valence-electron chi connectivity index (χ3n) is 3.81. The lowest BCUT2D eigenvalue weighted by Crippen LogP contribution is -2.11. The molecule has 0 amide bonds. The number of nitrogens with zero attached hydrogens (tertiary/aromatic N) is 1. The molecule has 0 aromatic carbocycles. The van der Waals surface area contributed by atoms with E-state index in [9.17, 15) is 0 Å². The highest BCUT2D eigenvalue weighted by molar-refractivity contribution is 7.15. The summed E-state index contributed by atoms with van der Waals surface area (Å²) in [7, 11) is 0. The largest absolute Gasteiger partial charge is 0.389 e. The molecule has 1 heterocycles. The molecule has 2 N–H and O–H groups in total. The van der Waals surface area contributed by atoms with Gasteiger partial charge in [0.25, 0.3) is 0 Å². The van der Waals surface area contributed by atoms with Crippen LogP contribution in [0.4, 0.5) is 5.00 Å². The predicted octanol–water partition coefficient (Wildman–Crippen LogP) is 4.85. The molecule has 0 saturated heterocycles. The molecule has 2 rings (SSSR count). The molecule has 0 spiro atoms. The Balaban J connectivity index is 2.18. The van der Waals surface area contributed by atoms with Crippen LogP contribution in [-0.2, 0) is 5.41 Å². The third kappa shape index (κ3) is 3.25. The van der Waals surface area contributed by atoms with Crippen LogP contribution in [0.25, 0.3) is 0 Å². The molecule has 0 aliphatic heterocycles. The SMILES string of the molecule is CC(C)(C)c1nc(C2CCCCCCC2)c(N)s1. The van der Waals surface area contributed by atoms with Crippen molar-refractivity contribution in [3.8, 4) is 0 Å². The van der Waals surface area contributed by atoms with Gasteiger partial charge in [0.05, 0.1) is 5.69 Å². The van der Waals surface area contributed by atoms with Gasteiger partial charge in [0.15, 0.2) is 0 Å². The van der Waals surface area contributed by atoms with Gasteiger partial charge >= 0.3 is 0 Å². The summed E-state index contributed by atoms with van der Waals surface area (Å²) in [6.07, 6.45) is 9.40. The summed E-state index contributed by atoms with van der Waals surface area (Å²) in [5.41, 5.74) is 7.54. The lowest BCUT2D eigenvalue weighted by atomic mass is 9.89. The fourth-order valence-electron chi connectivity index (χ4n) is 2.69. The Hall–Kier alpha value is -0.570. The minimum atomic E-state index is 0.124. The van der Waals surface area contributed by atoms with Gasteiger partial charge in [-0.1, -0.05) is 52.9 Å². The van der Waals surface area contributed by atoms with E-state index < -0.39 is 0 Å². The van der Waals surface area contributed by atoms with Gasteiger partial charge in [-0.25, -0.2) is 4.98 Å². The number of hydrogen-bond donors (Lipinski definition) is 1. The van der Waals surface area contributed by atoms with Crippen molar-refractivity contribution in [1.29, 1.82) is 0 Å². The summed E-state index contributed by atoms with van der Waals surface area (Å²) in [6.45, 7) is 6.65. The van der Waals surface area contributed by atoms with E-state index in [1.165, 1.54) is 55.6 Å². The number of thiazole rings is 1. The van der Waals surface area contributed by atoms with E-state index in [1.54, 1.807) is 11.3 Å². The van der Waals surface area contributed by atoms with E-state index in [-0.39, 0.29) is 5.41 Å². The van der Waals surface area contributed by atoms with Crippen molar-refractivity contribution in [2.45, 2.75) is 77.0 Å². The first-order valence-corrected chi connectivity index (χ1v) is 8.07. The lowest BCUT2D eigenvalue weighted by molar-refractivity contribution is 0.449. The highest BCUT2D eigenvalue weighted by Gasteiger charge is 2.24. The van der Waals surface area contributed by atoms with Crippen LogP contribution in [0.1, 0.15) is 82.3 Å². The Morgan fingerprint density at radius 2 is 1.61 bits per heavy atom. The average Bonchev–Trinajstić information content (AvgIpc) is 2.59. The van der Waals surface area contributed by atoms with Gasteiger partial charge in [-0.3, -0.25) is 0 Å². The number of nitrogen functional groups attached to an aromatic ring is 1. The Labute approximate surface area is 115 Å². The normalized spacial score (nSPS) is 19.5. The standard InChI is InChI=1S/C15H26N2S/c1-15(2,3)14-17-12(13(16)18-14)11-9-7-5-4-6-8-10-11/h11H,4-10,16H2,1-3H3. The molecule has 0 unspecified atom stereocenters. The highest BCUT2D eigenvalue weighted by atomic mass is 32.1. The fourth-order valence-corrected chi connectivity index (χ4v) is 3.66. The summed E-state index contributed by atoms with van der Waals surface area (Å²) in [5.74, 6) is 0.609. The van der Waals surface area contributed by atoms with Crippen LogP contribution >= 0.6 is 11.3 Å². The maximum Gasteiger partial charge on any atom is 0.110 e. The van der Waals surface area contributed by atoms with E-state index in [0.29, 0.717) is 5.92 Å². The number of aromatic nitrogens is 1. The van der Waals surface area contributed by atoms with Crippen molar-refractivity contribution < 1.29 is 0 Å². The Kier molecular flexibility index (Phi) is 4.31. The van der Waals surface area contributed by atoms with Gasteiger partial charge in [-0.15, -0.1) is 11.3 Å². The molecule has 0 bridgehead atoms. The maximum absolute atomic E-state index is 6.21. The molecule has 0 atom stereocenters. The van der Waals surface area contributed by atoms with Gasteiger partial charge in [-0.05, 0) is 12.8 Å². The van der Waals surface area contributed by atoms with Crippen molar-refractivity contribution in [2.75, 3.05) is 5.73 Å². The Morgan fingerprint density at radius 3 is 2.11 bits per heavy atom. The van der Waals surface area contributed by atoms with Gasteiger partial charge in [-0.2, -0.15) is 0 Å². The van der Waals surface area contributed by atoms with Crippen molar-refractivity contribution in [3.05, 3.63) is 10.7 Å². The van der Waals surface area contributed by atoms with Crippen molar-refractivity contribution in [1.82, 2.24) is 4.98 Å². The van der Waals surface area contributed by atoms with Crippen molar-refractivity contribution in [2.24, 2.45) is 0 Å². The minimum absolute atomic E-state index is 0.124. The monoisotopic (exact) mass is 266 g/mol. The predicted molar refractivity (Wildman–Crippen MR) is 80.3 cm³/mol. The van der Waals surface area contributed by atoms with Crippen LogP contribution in [0.2, 0.25) is 0 Å². The van der Waals surface area contributed by atoms with E-state index in [1.807, 2.05) is 0 Å². The topological polar surface area (TPSA) is 38.9 Å². The number of hydrogen-bond acceptors (Lipinski definition) is 3. The Bertz CT molecular complexity index is 382. The van der Waals surface area contributed by atoms with Crippen LogP contribution in [0.15, 0.2) is 0 Å². The Morgan fingerprint density at radius 1 is 1.06 bits per heavy atom. The second-order valence-corrected chi connectivity index (χ2v) is 7.59. The molecule has 1 aliphatic carbocycles. The minimum Gasteiger partial charge on any atom is -0.389 e. The maximum atomic E-state index is 6.21. The zero-order valence-corrected chi connectivity index (χ0v) is 12.8. The molecule has 1 saturated carbocycles. The van der Waals surface area contributed by atoms with Crippen LogP contribution in [0.3, 0.4) is 0 Å². The highest BCUT2D eigenvalue weighted by Crippen LogP contribution is 2.38. The number of rotatable bonds is 1.